The summed E-state index contributed by atoms with van der Waals surface area (Å²) in [5.74, 6) is 1.31. The number of hydrogen-bond acceptors (Lipinski definition) is 4. The van der Waals surface area contributed by atoms with Crippen LogP contribution in [-0.2, 0) is 0 Å². The van der Waals surface area contributed by atoms with Crippen LogP contribution < -0.4 is 0 Å². The van der Waals surface area contributed by atoms with Crippen LogP contribution in [0.2, 0.25) is 0 Å². The van der Waals surface area contributed by atoms with E-state index in [1.807, 2.05) is 24.3 Å². The highest BCUT2D eigenvalue weighted by atomic mass is 127. The summed E-state index contributed by atoms with van der Waals surface area (Å²) in [5, 5.41) is 4.06. The number of nitrogens with zero attached hydrogens (tertiary/aromatic N) is 4. The van der Waals surface area contributed by atoms with Gasteiger partial charge in [-0.25, -0.2) is 19.9 Å². The molecule has 0 unspecified atom stereocenters. The molecule has 7 rings (SSSR count). The Morgan fingerprint density at radius 2 is 1.00 bits per heavy atom. The lowest BCUT2D eigenvalue weighted by atomic mass is 10.1. The molecule has 6 aromatic rings. The number of fused-ring (bicyclic) bond motifs is 15. The van der Waals surface area contributed by atoms with Crippen LogP contribution in [0.5, 0.6) is 0 Å². The second-order valence-electron chi connectivity index (χ2n) is 7.52. The zero-order chi connectivity index (χ0) is 20.5. The van der Waals surface area contributed by atoms with Crippen molar-refractivity contribution in [3.05, 3.63) is 70.3 Å². The van der Waals surface area contributed by atoms with Crippen LogP contribution in [0.4, 0.5) is 0 Å². The molecule has 3 aromatic carbocycles. The van der Waals surface area contributed by atoms with Crippen molar-refractivity contribution in [3.8, 4) is 22.8 Å². The lowest BCUT2D eigenvalue weighted by molar-refractivity contribution is 1.20. The largest absolute Gasteiger partial charge is 0.324 e. The highest BCUT2D eigenvalue weighted by Crippen LogP contribution is 2.35. The van der Waals surface area contributed by atoms with Crippen molar-refractivity contribution in [1.29, 1.82) is 0 Å². The zero-order valence-corrected chi connectivity index (χ0v) is 18.2. The van der Waals surface area contributed by atoms with Gasteiger partial charge in [0.15, 0.2) is 11.6 Å². The molecule has 1 aliphatic rings. The molecule has 2 N–H and O–H groups in total. The van der Waals surface area contributed by atoms with Gasteiger partial charge in [-0.3, -0.25) is 0 Å². The van der Waals surface area contributed by atoms with Crippen LogP contribution in [0.15, 0.2) is 66.7 Å². The van der Waals surface area contributed by atoms with Crippen LogP contribution in [-0.4, -0.2) is 29.9 Å². The second kappa shape index (κ2) is 6.21. The Morgan fingerprint density at radius 1 is 0.516 bits per heavy atom. The van der Waals surface area contributed by atoms with Gasteiger partial charge in [0.05, 0.1) is 0 Å². The van der Waals surface area contributed by atoms with Crippen molar-refractivity contribution < 1.29 is 0 Å². The lowest BCUT2D eigenvalue weighted by Crippen LogP contribution is -1.83. The van der Waals surface area contributed by atoms with E-state index >= 15 is 0 Å². The first kappa shape index (κ1) is 17.1. The molecule has 7 heteroatoms. The maximum absolute atomic E-state index is 4.95. The number of aromatic amines is 2. The Hall–Kier alpha value is -3.59. The van der Waals surface area contributed by atoms with Crippen LogP contribution >= 0.6 is 22.6 Å². The molecular weight excluding hydrogens is 499 g/mol. The maximum atomic E-state index is 4.95. The Bertz CT molecular complexity index is 1760. The van der Waals surface area contributed by atoms with E-state index in [9.17, 15) is 0 Å². The average molecular weight is 512 g/mol. The topological polar surface area (TPSA) is 83.1 Å². The van der Waals surface area contributed by atoms with Gasteiger partial charge in [0.25, 0.3) is 0 Å². The SMILES string of the molecule is Ic1ccc2c(c1)-c1nc-2nc2[nH]c(nc3[nH]c(n1)c1ccccc31)c1ccccc21. The van der Waals surface area contributed by atoms with Crippen molar-refractivity contribution in [3.63, 3.8) is 0 Å². The molecule has 3 aromatic heterocycles. The first-order valence-corrected chi connectivity index (χ1v) is 10.9. The van der Waals surface area contributed by atoms with Gasteiger partial charge in [-0.05, 0) is 40.8 Å². The van der Waals surface area contributed by atoms with Crippen molar-refractivity contribution in [1.82, 2.24) is 29.9 Å². The highest BCUT2D eigenvalue weighted by Gasteiger charge is 2.20. The van der Waals surface area contributed by atoms with Crippen molar-refractivity contribution in [2.45, 2.75) is 0 Å². The van der Waals surface area contributed by atoms with Crippen LogP contribution in [0.3, 0.4) is 0 Å². The molecule has 1 aliphatic heterocycles. The lowest BCUT2D eigenvalue weighted by Gasteiger charge is -1.98. The molecule has 6 nitrogen and oxygen atoms in total. The minimum Gasteiger partial charge on any atom is -0.324 e. The molecule has 0 saturated heterocycles. The summed E-state index contributed by atoms with van der Waals surface area (Å²) >= 11 is 2.32. The number of benzene rings is 3. The fourth-order valence-electron chi connectivity index (χ4n) is 4.25. The van der Waals surface area contributed by atoms with Crippen LogP contribution in [0.25, 0.3) is 66.9 Å². The van der Waals surface area contributed by atoms with E-state index in [0.717, 1.165) is 58.8 Å². The van der Waals surface area contributed by atoms with E-state index in [0.29, 0.717) is 11.6 Å². The van der Waals surface area contributed by atoms with Gasteiger partial charge < -0.3 is 9.97 Å². The van der Waals surface area contributed by atoms with E-state index in [-0.39, 0.29) is 0 Å². The molecule has 4 heterocycles. The van der Waals surface area contributed by atoms with Gasteiger partial charge in [0, 0.05) is 36.2 Å². The van der Waals surface area contributed by atoms with Crippen LogP contribution in [0.1, 0.15) is 0 Å². The summed E-state index contributed by atoms with van der Waals surface area (Å²) in [7, 11) is 0. The first-order valence-electron chi connectivity index (χ1n) is 9.87. The number of hydrogen-bond donors (Lipinski definition) is 2. The van der Waals surface area contributed by atoms with Gasteiger partial charge >= 0.3 is 0 Å². The third-order valence-corrected chi connectivity index (χ3v) is 6.35. The predicted molar refractivity (Wildman–Crippen MR) is 131 cm³/mol. The number of nitrogens with one attached hydrogen (secondary N) is 2. The molecule has 0 atom stereocenters. The van der Waals surface area contributed by atoms with Gasteiger partial charge in [0.2, 0.25) is 0 Å². The zero-order valence-electron chi connectivity index (χ0n) is 16.0. The molecule has 0 saturated carbocycles. The third kappa shape index (κ3) is 2.50. The highest BCUT2D eigenvalue weighted by molar-refractivity contribution is 14.1. The molecule has 0 fully saturated rings. The molecule has 146 valence electrons. The summed E-state index contributed by atoms with van der Waals surface area (Å²) in [6, 6.07) is 22.5. The summed E-state index contributed by atoms with van der Waals surface area (Å²) in [5.41, 5.74) is 4.98. The number of halogens is 1. The van der Waals surface area contributed by atoms with Crippen LogP contribution in [0, 0.1) is 3.57 Å². The van der Waals surface area contributed by atoms with Gasteiger partial charge in [-0.2, -0.15) is 0 Å². The fraction of sp³-hybridized carbons (Fsp3) is 0. The first-order chi connectivity index (χ1) is 15.2. The Kier molecular flexibility index (Phi) is 3.43. The molecule has 6 bridgehead atoms. The van der Waals surface area contributed by atoms with E-state index in [1.165, 1.54) is 0 Å². The third-order valence-electron chi connectivity index (χ3n) is 5.68. The molecule has 0 spiro atoms. The number of H-pyrrole nitrogens is 2. The second-order valence-corrected chi connectivity index (χ2v) is 8.77. The van der Waals surface area contributed by atoms with Crippen molar-refractivity contribution >= 4 is 66.7 Å². The quantitative estimate of drug-likeness (QED) is 0.248. The van der Waals surface area contributed by atoms with Crippen molar-refractivity contribution in [2.24, 2.45) is 0 Å². The summed E-state index contributed by atoms with van der Waals surface area (Å²) in [4.78, 5) is 26.5. The van der Waals surface area contributed by atoms with Gasteiger partial charge in [0.1, 0.15) is 22.6 Å². The molecule has 0 aliphatic carbocycles. The monoisotopic (exact) mass is 512 g/mol. The maximum Gasteiger partial charge on any atom is 0.164 e. The Morgan fingerprint density at radius 3 is 1.55 bits per heavy atom. The van der Waals surface area contributed by atoms with Crippen molar-refractivity contribution in [2.75, 3.05) is 0 Å². The molecule has 0 radical (unpaired) electrons. The molecule has 31 heavy (non-hydrogen) atoms. The summed E-state index contributed by atoms with van der Waals surface area (Å²) in [6.07, 6.45) is 0. The minimum absolute atomic E-state index is 0.653. The molecule has 0 amide bonds. The smallest absolute Gasteiger partial charge is 0.164 e. The standard InChI is InChI=1S/C24H13IN6/c25-12-9-10-17-18(11-12)24-30-22-16-8-4-3-7-15(16)20(28-22)26-19-13-5-1-2-6-14(13)21(27-19)29-23(17)31-24/h1-11H,(H2,26,27,28,29,30,31). The fourth-order valence-corrected chi connectivity index (χ4v) is 4.74. The number of aromatic nitrogens is 6. The van der Waals surface area contributed by atoms with Gasteiger partial charge in [-0.15, -0.1) is 0 Å². The normalized spacial score (nSPS) is 12.0. The van der Waals surface area contributed by atoms with E-state index < -0.39 is 0 Å². The Labute approximate surface area is 189 Å². The summed E-state index contributed by atoms with van der Waals surface area (Å²) < 4.78 is 1.13. The predicted octanol–water partition coefficient (Wildman–Crippen LogP) is 5.91. The van der Waals surface area contributed by atoms with E-state index in [4.69, 9.17) is 19.9 Å². The van der Waals surface area contributed by atoms with Gasteiger partial charge in [-0.1, -0.05) is 48.5 Å². The molecular formula is C24H13IN6. The van der Waals surface area contributed by atoms with E-state index in [1.54, 1.807) is 0 Å². The summed E-state index contributed by atoms with van der Waals surface area (Å²) in [6.45, 7) is 0. The number of rotatable bonds is 0. The minimum atomic E-state index is 0.653. The Balaban J connectivity index is 1.78. The average Bonchev–Trinajstić information content (AvgIpc) is 3.42. The van der Waals surface area contributed by atoms with E-state index in [2.05, 4.69) is 75.0 Å².